The van der Waals surface area contributed by atoms with Crippen LogP contribution in [0.2, 0.25) is 0 Å². The molecule has 0 spiro atoms. The number of ether oxygens (including phenoxy) is 2. The van der Waals surface area contributed by atoms with E-state index >= 15 is 0 Å². The molecule has 3 aromatic rings. The Hall–Kier alpha value is -2.85. The number of carbonyl (C=O) groups excluding carboxylic acids is 1. The van der Waals surface area contributed by atoms with E-state index in [0.717, 1.165) is 39.8 Å². The lowest BCUT2D eigenvalue weighted by molar-refractivity contribution is 0.0525. The van der Waals surface area contributed by atoms with Gasteiger partial charge in [-0.15, -0.1) is 11.3 Å². The molecule has 3 aromatic heterocycles. The number of fused-ring (bicyclic) bond motifs is 1. The predicted octanol–water partition coefficient (Wildman–Crippen LogP) is 3.00. The summed E-state index contributed by atoms with van der Waals surface area (Å²) in [4.78, 5) is 35.3. The number of carbonyl (C=O) groups is 1. The monoisotopic (exact) mass is 442 g/mol. The van der Waals surface area contributed by atoms with Crippen molar-refractivity contribution in [2.24, 2.45) is 0 Å². The summed E-state index contributed by atoms with van der Waals surface area (Å²) in [5, 5.41) is 0. The van der Waals surface area contributed by atoms with Crippen LogP contribution in [-0.2, 0) is 9.47 Å². The molecule has 1 aliphatic rings. The van der Waals surface area contributed by atoms with Crippen LogP contribution in [0.1, 0.15) is 40.9 Å². The van der Waals surface area contributed by atoms with Crippen molar-refractivity contribution in [3.05, 3.63) is 34.7 Å². The van der Waals surface area contributed by atoms with Crippen molar-refractivity contribution in [2.75, 3.05) is 49.8 Å². The lowest BCUT2D eigenvalue weighted by Gasteiger charge is -2.28. The van der Waals surface area contributed by atoms with Crippen LogP contribution >= 0.6 is 11.3 Å². The molecule has 1 saturated heterocycles. The zero-order valence-corrected chi connectivity index (χ0v) is 19.0. The number of esters is 1. The third-order valence-electron chi connectivity index (χ3n) is 5.25. The van der Waals surface area contributed by atoms with Crippen LogP contribution in [0, 0.1) is 6.92 Å². The summed E-state index contributed by atoms with van der Waals surface area (Å²) in [5.41, 5.74) is 1.29. The van der Waals surface area contributed by atoms with Crippen LogP contribution in [0.15, 0.2) is 18.5 Å². The van der Waals surface area contributed by atoms with E-state index in [1.807, 2.05) is 18.9 Å². The van der Waals surface area contributed by atoms with Gasteiger partial charge < -0.3 is 19.3 Å². The van der Waals surface area contributed by atoms with Gasteiger partial charge in [0, 0.05) is 37.4 Å². The average Bonchev–Trinajstić information content (AvgIpc) is 3.22. The number of aromatic nitrogens is 4. The van der Waals surface area contributed by atoms with Gasteiger partial charge in [-0.25, -0.2) is 24.7 Å². The minimum atomic E-state index is -0.418. The molecule has 1 atom stereocenters. The second-order valence-electron chi connectivity index (χ2n) is 7.34. The molecule has 9 nitrogen and oxygen atoms in total. The van der Waals surface area contributed by atoms with Gasteiger partial charge in [0.2, 0.25) is 5.95 Å². The molecule has 0 saturated carbocycles. The molecule has 1 unspecified atom stereocenters. The van der Waals surface area contributed by atoms with Crippen LogP contribution in [0.3, 0.4) is 0 Å². The highest BCUT2D eigenvalue weighted by Crippen LogP contribution is 2.37. The van der Waals surface area contributed by atoms with E-state index in [0.29, 0.717) is 31.3 Å². The number of hydrogen-bond acceptors (Lipinski definition) is 10. The summed E-state index contributed by atoms with van der Waals surface area (Å²) < 4.78 is 11.6. The average molecular weight is 443 g/mol. The maximum absolute atomic E-state index is 11.8. The van der Waals surface area contributed by atoms with Gasteiger partial charge >= 0.3 is 5.97 Å². The Kier molecular flexibility index (Phi) is 6.28. The van der Waals surface area contributed by atoms with E-state index in [-0.39, 0.29) is 6.04 Å². The molecule has 0 aliphatic carbocycles. The van der Waals surface area contributed by atoms with Crippen molar-refractivity contribution >= 4 is 39.3 Å². The van der Waals surface area contributed by atoms with Crippen LogP contribution in [0.25, 0.3) is 10.2 Å². The molecule has 164 valence electrons. The molecule has 1 aliphatic heterocycles. The van der Waals surface area contributed by atoms with E-state index in [1.165, 1.54) is 12.4 Å². The molecule has 4 heterocycles. The molecule has 0 radical (unpaired) electrons. The van der Waals surface area contributed by atoms with Crippen molar-refractivity contribution in [3.63, 3.8) is 0 Å². The largest absolute Gasteiger partial charge is 0.462 e. The first-order valence-corrected chi connectivity index (χ1v) is 11.1. The molecule has 0 bridgehead atoms. The summed E-state index contributed by atoms with van der Waals surface area (Å²) in [7, 11) is 1.94. The van der Waals surface area contributed by atoms with Gasteiger partial charge in [-0.3, -0.25) is 0 Å². The van der Waals surface area contributed by atoms with Crippen molar-refractivity contribution < 1.29 is 14.3 Å². The summed E-state index contributed by atoms with van der Waals surface area (Å²) in [6, 6.07) is 2.14. The summed E-state index contributed by atoms with van der Waals surface area (Å²) in [5.74, 6) is 1.86. The molecular weight excluding hydrogens is 416 g/mol. The number of thiophene rings is 1. The standard InChI is InChI=1S/C21H26N6O3S/c1-5-30-20(28)15-11-22-21(23-12-15)26(4)13(2)17-10-16-18(31-17)19(25-14(3)24-16)27-6-8-29-9-7-27/h10-13H,5-9H2,1-4H3. The number of rotatable bonds is 6. The smallest absolute Gasteiger partial charge is 0.341 e. The number of aryl methyl sites for hydroxylation is 1. The molecule has 10 heteroatoms. The van der Waals surface area contributed by atoms with E-state index in [1.54, 1.807) is 18.3 Å². The Morgan fingerprint density at radius 2 is 2.00 bits per heavy atom. The van der Waals surface area contributed by atoms with Gasteiger partial charge in [-0.05, 0) is 26.8 Å². The van der Waals surface area contributed by atoms with E-state index in [2.05, 4.69) is 32.8 Å². The number of nitrogens with zero attached hydrogens (tertiary/aromatic N) is 6. The van der Waals surface area contributed by atoms with E-state index in [9.17, 15) is 4.79 Å². The SMILES string of the molecule is CCOC(=O)c1cnc(N(C)C(C)c2cc3nc(C)nc(N4CCOCC4)c3s2)nc1. The Morgan fingerprint density at radius 1 is 1.29 bits per heavy atom. The van der Waals surface area contributed by atoms with E-state index in [4.69, 9.17) is 14.5 Å². The highest BCUT2D eigenvalue weighted by molar-refractivity contribution is 7.19. The number of anilines is 2. The van der Waals surface area contributed by atoms with Crippen LogP contribution in [0.4, 0.5) is 11.8 Å². The minimum absolute atomic E-state index is 0.0190. The van der Waals surface area contributed by atoms with Crippen LogP contribution in [-0.4, -0.2) is 65.9 Å². The van der Waals surface area contributed by atoms with Gasteiger partial charge in [0.25, 0.3) is 0 Å². The lowest BCUT2D eigenvalue weighted by atomic mass is 10.2. The van der Waals surface area contributed by atoms with Gasteiger partial charge in [-0.2, -0.15) is 0 Å². The minimum Gasteiger partial charge on any atom is -0.462 e. The summed E-state index contributed by atoms with van der Waals surface area (Å²) in [6.07, 6.45) is 3.00. The zero-order valence-electron chi connectivity index (χ0n) is 18.2. The molecule has 0 amide bonds. The fourth-order valence-electron chi connectivity index (χ4n) is 3.43. The zero-order chi connectivity index (χ0) is 22.0. The van der Waals surface area contributed by atoms with Gasteiger partial charge in [0.05, 0.1) is 41.6 Å². The van der Waals surface area contributed by atoms with Gasteiger partial charge in [0.1, 0.15) is 5.82 Å². The first kappa shape index (κ1) is 21.4. The molecule has 1 fully saturated rings. The fraction of sp³-hybridized carbons (Fsp3) is 0.476. The highest BCUT2D eigenvalue weighted by atomic mass is 32.1. The second-order valence-corrected chi connectivity index (χ2v) is 8.42. The fourth-order valence-corrected chi connectivity index (χ4v) is 4.64. The maximum Gasteiger partial charge on any atom is 0.341 e. The molecule has 0 N–H and O–H groups in total. The number of morpholine rings is 1. The lowest BCUT2D eigenvalue weighted by Crippen LogP contribution is -2.36. The predicted molar refractivity (Wildman–Crippen MR) is 120 cm³/mol. The Bertz CT molecular complexity index is 1060. The van der Waals surface area contributed by atoms with Crippen LogP contribution < -0.4 is 9.80 Å². The van der Waals surface area contributed by atoms with Crippen molar-refractivity contribution in [3.8, 4) is 0 Å². The summed E-state index contributed by atoms with van der Waals surface area (Å²) in [6.45, 7) is 9.19. The first-order chi connectivity index (χ1) is 15.0. The normalized spacial score (nSPS) is 15.2. The number of hydrogen-bond donors (Lipinski definition) is 0. The quantitative estimate of drug-likeness (QED) is 0.534. The topological polar surface area (TPSA) is 93.6 Å². The molecule has 31 heavy (non-hydrogen) atoms. The third kappa shape index (κ3) is 4.45. The van der Waals surface area contributed by atoms with Crippen molar-refractivity contribution in [1.29, 1.82) is 0 Å². The highest BCUT2D eigenvalue weighted by Gasteiger charge is 2.22. The first-order valence-electron chi connectivity index (χ1n) is 10.3. The Morgan fingerprint density at radius 3 is 2.68 bits per heavy atom. The van der Waals surface area contributed by atoms with Crippen molar-refractivity contribution in [1.82, 2.24) is 19.9 Å². The second kappa shape index (κ2) is 9.11. The Labute approximate surface area is 185 Å². The van der Waals surface area contributed by atoms with E-state index < -0.39 is 5.97 Å². The van der Waals surface area contributed by atoms with Gasteiger partial charge in [-0.1, -0.05) is 0 Å². The summed E-state index contributed by atoms with van der Waals surface area (Å²) >= 11 is 1.69. The van der Waals surface area contributed by atoms with Crippen LogP contribution in [0.5, 0.6) is 0 Å². The molecular formula is C21H26N6O3S. The Balaban J connectivity index is 1.60. The molecule has 0 aromatic carbocycles. The van der Waals surface area contributed by atoms with Gasteiger partial charge in [0.15, 0.2) is 5.82 Å². The van der Waals surface area contributed by atoms with Crippen molar-refractivity contribution in [2.45, 2.75) is 26.8 Å². The molecule has 4 rings (SSSR count). The third-order valence-corrected chi connectivity index (χ3v) is 6.54. The maximum atomic E-state index is 11.8.